The first kappa shape index (κ1) is 14.9. The molecule has 0 saturated carbocycles. The molecule has 0 bridgehead atoms. The number of benzene rings is 1. The molecular formula is C14H22N2OS. The molecule has 0 fully saturated rings. The molecule has 0 aliphatic rings. The highest BCUT2D eigenvalue weighted by molar-refractivity contribution is 7.80. The summed E-state index contributed by atoms with van der Waals surface area (Å²) in [5, 5.41) is 7.08. The van der Waals surface area contributed by atoms with Gasteiger partial charge in [-0.2, -0.15) is 0 Å². The number of nitrogens with one attached hydrogen (secondary N) is 2. The molecule has 0 aliphatic carbocycles. The van der Waals surface area contributed by atoms with Crippen LogP contribution < -0.4 is 10.6 Å². The largest absolute Gasteiger partial charge is 0.383 e. The zero-order valence-electron chi connectivity index (χ0n) is 11.1. The first-order valence-corrected chi connectivity index (χ1v) is 6.70. The van der Waals surface area contributed by atoms with Gasteiger partial charge in [0.05, 0.1) is 6.61 Å². The number of hydrogen-bond donors (Lipinski definition) is 2. The van der Waals surface area contributed by atoms with Crippen molar-refractivity contribution in [3.63, 3.8) is 0 Å². The van der Waals surface area contributed by atoms with Gasteiger partial charge in [0, 0.05) is 19.7 Å². The third-order valence-corrected chi connectivity index (χ3v) is 2.83. The van der Waals surface area contributed by atoms with E-state index in [4.69, 9.17) is 17.0 Å². The first-order valence-electron chi connectivity index (χ1n) is 6.29. The van der Waals surface area contributed by atoms with Crippen molar-refractivity contribution >= 4 is 17.3 Å². The molecule has 1 rings (SSSR count). The Hall–Kier alpha value is -1.13. The second-order valence-electron chi connectivity index (χ2n) is 4.35. The molecule has 3 nitrogen and oxygen atoms in total. The Labute approximate surface area is 115 Å². The Bertz CT molecular complexity index is 343. The molecule has 1 aromatic carbocycles. The number of rotatable bonds is 7. The number of methoxy groups -OCH3 is 1. The van der Waals surface area contributed by atoms with Crippen LogP contribution in [-0.4, -0.2) is 31.4 Å². The van der Waals surface area contributed by atoms with Crippen molar-refractivity contribution in [1.82, 2.24) is 10.6 Å². The Morgan fingerprint density at radius 1 is 1.33 bits per heavy atom. The fourth-order valence-corrected chi connectivity index (χ4v) is 2.01. The van der Waals surface area contributed by atoms with Crippen LogP contribution in [0, 0.1) is 0 Å². The van der Waals surface area contributed by atoms with Crippen molar-refractivity contribution in [3.8, 4) is 0 Å². The minimum atomic E-state index is 0.240. The average molecular weight is 266 g/mol. The number of hydrogen-bond acceptors (Lipinski definition) is 2. The minimum Gasteiger partial charge on any atom is -0.383 e. The predicted octanol–water partition coefficient (Wildman–Crippen LogP) is 2.12. The highest BCUT2D eigenvalue weighted by Crippen LogP contribution is 2.01. The minimum absolute atomic E-state index is 0.240. The third-order valence-electron chi connectivity index (χ3n) is 2.56. The van der Waals surface area contributed by atoms with E-state index >= 15 is 0 Å². The smallest absolute Gasteiger partial charge is 0.166 e. The van der Waals surface area contributed by atoms with Crippen LogP contribution in [0.5, 0.6) is 0 Å². The second-order valence-corrected chi connectivity index (χ2v) is 4.75. The predicted molar refractivity (Wildman–Crippen MR) is 79.8 cm³/mol. The monoisotopic (exact) mass is 266 g/mol. The average Bonchev–Trinajstić information content (AvgIpc) is 2.36. The number of ether oxygens (including phenoxy) is 1. The summed E-state index contributed by atoms with van der Waals surface area (Å²) >= 11 is 5.20. The quantitative estimate of drug-likeness (QED) is 0.585. The summed E-state index contributed by atoms with van der Waals surface area (Å²) in [6, 6.07) is 10.7. The van der Waals surface area contributed by atoms with Gasteiger partial charge in [-0.15, -0.1) is 0 Å². The molecule has 0 radical (unpaired) electrons. The van der Waals surface area contributed by atoms with Crippen molar-refractivity contribution in [3.05, 3.63) is 35.9 Å². The van der Waals surface area contributed by atoms with E-state index in [2.05, 4.69) is 34.9 Å². The summed E-state index contributed by atoms with van der Waals surface area (Å²) in [6.45, 7) is 3.59. The molecule has 2 N–H and O–H groups in total. The Morgan fingerprint density at radius 3 is 2.72 bits per heavy atom. The third kappa shape index (κ3) is 6.57. The van der Waals surface area contributed by atoms with E-state index in [0.717, 1.165) is 19.4 Å². The molecule has 0 heterocycles. The molecule has 0 aromatic heterocycles. The SMILES string of the molecule is COCC(C)NC(=S)NCCCc1ccccc1. The number of aryl methyl sites for hydroxylation is 1. The lowest BCUT2D eigenvalue weighted by Crippen LogP contribution is -2.42. The summed E-state index contributed by atoms with van der Waals surface area (Å²) in [4.78, 5) is 0. The summed E-state index contributed by atoms with van der Waals surface area (Å²) in [5.74, 6) is 0. The Kier molecular flexibility index (Phi) is 7.37. The molecule has 18 heavy (non-hydrogen) atoms. The van der Waals surface area contributed by atoms with Crippen molar-refractivity contribution in [2.75, 3.05) is 20.3 Å². The van der Waals surface area contributed by atoms with E-state index in [1.807, 2.05) is 13.0 Å². The first-order chi connectivity index (χ1) is 8.72. The lowest BCUT2D eigenvalue weighted by molar-refractivity contribution is 0.179. The molecule has 1 aromatic rings. The van der Waals surface area contributed by atoms with Gasteiger partial charge < -0.3 is 15.4 Å². The summed E-state index contributed by atoms with van der Waals surface area (Å²) in [7, 11) is 1.69. The van der Waals surface area contributed by atoms with Gasteiger partial charge in [-0.25, -0.2) is 0 Å². The highest BCUT2D eigenvalue weighted by Gasteiger charge is 2.02. The van der Waals surface area contributed by atoms with E-state index in [0.29, 0.717) is 11.7 Å². The van der Waals surface area contributed by atoms with E-state index in [9.17, 15) is 0 Å². The zero-order chi connectivity index (χ0) is 13.2. The van der Waals surface area contributed by atoms with Crippen LogP contribution in [0.3, 0.4) is 0 Å². The maximum atomic E-state index is 5.20. The Morgan fingerprint density at radius 2 is 2.06 bits per heavy atom. The van der Waals surface area contributed by atoms with Gasteiger partial charge in [0.1, 0.15) is 0 Å². The number of thiocarbonyl (C=S) groups is 1. The van der Waals surface area contributed by atoms with Crippen LogP contribution in [0.1, 0.15) is 18.9 Å². The maximum absolute atomic E-state index is 5.20. The summed E-state index contributed by atoms with van der Waals surface area (Å²) in [5.41, 5.74) is 1.37. The van der Waals surface area contributed by atoms with Gasteiger partial charge in [0.2, 0.25) is 0 Å². The van der Waals surface area contributed by atoms with E-state index in [1.54, 1.807) is 7.11 Å². The molecule has 4 heteroatoms. The van der Waals surface area contributed by atoms with Crippen LogP contribution in [0.25, 0.3) is 0 Å². The van der Waals surface area contributed by atoms with Crippen LogP contribution in [0.2, 0.25) is 0 Å². The molecule has 0 amide bonds. The lowest BCUT2D eigenvalue weighted by Gasteiger charge is -2.16. The van der Waals surface area contributed by atoms with E-state index in [-0.39, 0.29) is 6.04 Å². The topological polar surface area (TPSA) is 33.3 Å². The van der Waals surface area contributed by atoms with Gasteiger partial charge in [-0.3, -0.25) is 0 Å². The van der Waals surface area contributed by atoms with Crippen LogP contribution in [0.4, 0.5) is 0 Å². The van der Waals surface area contributed by atoms with Crippen LogP contribution in [-0.2, 0) is 11.2 Å². The van der Waals surface area contributed by atoms with Crippen molar-refractivity contribution in [2.45, 2.75) is 25.8 Å². The Balaban J connectivity index is 2.09. The van der Waals surface area contributed by atoms with Crippen molar-refractivity contribution < 1.29 is 4.74 Å². The fraction of sp³-hybridized carbons (Fsp3) is 0.500. The lowest BCUT2D eigenvalue weighted by atomic mass is 10.1. The van der Waals surface area contributed by atoms with Crippen molar-refractivity contribution in [1.29, 1.82) is 0 Å². The molecule has 0 saturated heterocycles. The van der Waals surface area contributed by atoms with E-state index < -0.39 is 0 Å². The zero-order valence-corrected chi connectivity index (χ0v) is 11.9. The molecule has 1 atom stereocenters. The molecular weight excluding hydrogens is 244 g/mol. The fourth-order valence-electron chi connectivity index (χ4n) is 1.71. The molecule has 1 unspecified atom stereocenters. The van der Waals surface area contributed by atoms with Gasteiger partial charge in [-0.05, 0) is 37.5 Å². The van der Waals surface area contributed by atoms with Crippen LogP contribution in [0.15, 0.2) is 30.3 Å². The normalized spacial score (nSPS) is 11.9. The van der Waals surface area contributed by atoms with Gasteiger partial charge >= 0.3 is 0 Å². The van der Waals surface area contributed by atoms with Gasteiger partial charge in [-0.1, -0.05) is 30.3 Å². The highest BCUT2D eigenvalue weighted by atomic mass is 32.1. The maximum Gasteiger partial charge on any atom is 0.166 e. The molecule has 0 spiro atoms. The standard InChI is InChI=1S/C14H22N2OS/c1-12(11-17-2)16-14(18)15-10-6-9-13-7-4-3-5-8-13/h3-5,7-8,12H,6,9-11H2,1-2H3,(H2,15,16,18). The summed E-state index contributed by atoms with van der Waals surface area (Å²) < 4.78 is 5.04. The van der Waals surface area contributed by atoms with E-state index in [1.165, 1.54) is 5.56 Å². The molecule has 100 valence electrons. The second kappa shape index (κ2) is 8.89. The molecule has 0 aliphatic heterocycles. The van der Waals surface area contributed by atoms with Gasteiger partial charge in [0.15, 0.2) is 5.11 Å². The van der Waals surface area contributed by atoms with Gasteiger partial charge in [0.25, 0.3) is 0 Å². The summed E-state index contributed by atoms with van der Waals surface area (Å²) in [6.07, 6.45) is 2.15. The van der Waals surface area contributed by atoms with Crippen molar-refractivity contribution in [2.24, 2.45) is 0 Å². The van der Waals surface area contributed by atoms with Crippen LogP contribution >= 0.6 is 12.2 Å².